The van der Waals surface area contributed by atoms with Crippen LogP contribution in [0.1, 0.15) is 119 Å². The molecule has 0 amide bonds. The smallest absolute Gasteiger partial charge is 0.187 e. The van der Waals surface area contributed by atoms with Crippen LogP contribution >= 0.6 is 0 Å². The van der Waals surface area contributed by atoms with E-state index in [1.165, 1.54) is 57.4 Å². The van der Waals surface area contributed by atoms with Crippen LogP contribution in [0.3, 0.4) is 0 Å². The summed E-state index contributed by atoms with van der Waals surface area (Å²) in [4.78, 5) is 0. The second kappa shape index (κ2) is 15.8. The van der Waals surface area contributed by atoms with E-state index in [1.807, 2.05) is 0 Å². The Hall–Kier alpha value is -0.660. The molecule has 6 N–H and O–H groups in total. The van der Waals surface area contributed by atoms with Crippen molar-refractivity contribution in [1.82, 2.24) is 0 Å². The second-order valence-corrected chi connectivity index (χ2v) is 18.4. The molecule has 0 aromatic carbocycles. The Bertz CT molecular complexity index is 1190. The standard InChI is InChI=1S/C41H70O10/c1-8-24(21(2)3)10-9-22(4)28-13-14-29-27-12-11-25-19-26(15-17-40(25,6)30(27)16-18-41(28,29)7)49-39-36(47)34(45)37(31(20-42)50-39)51-38-35(46)33(44)32(43)23(5)48-38/h11,21-24,26-39,42-47H,8-10,12-20H2,1-7H3/t22-,23+,24-,26+,27-,28+,29-,30+,31+,32+,33-,34+,35+,36+,37+,38-,39+,40+,41-/m1/s1. The maximum absolute atomic E-state index is 11.1. The lowest BCUT2D eigenvalue weighted by atomic mass is 9.47. The topological polar surface area (TPSA) is 158 Å². The summed E-state index contributed by atoms with van der Waals surface area (Å²) in [6.45, 7) is 15.8. The van der Waals surface area contributed by atoms with Crippen LogP contribution in [0.25, 0.3) is 0 Å². The molecule has 6 aliphatic rings. The van der Waals surface area contributed by atoms with Crippen LogP contribution < -0.4 is 0 Å². The number of fused-ring (bicyclic) bond motifs is 5. The van der Waals surface area contributed by atoms with Crippen LogP contribution in [-0.2, 0) is 18.9 Å². The molecular weight excluding hydrogens is 652 g/mol. The SMILES string of the molecule is CC[C@H](CC[C@@H](C)[C@@H]1CC[C@@H]2[C@H]3CC=C4C[C@@H](O[C@H]5O[C@@H](CO)[C@H](O[C@H]6O[C@@H](C)[C@H](O)[C@@H](O)[C@@H]6O)[C@@H](O)[C@@H]5O)CC[C@]4(C)[C@H]3CC[C@@]21C)C(C)C. The summed E-state index contributed by atoms with van der Waals surface area (Å²) in [5.41, 5.74) is 2.02. The molecule has 0 aromatic heterocycles. The Kier molecular flexibility index (Phi) is 12.4. The molecule has 3 saturated carbocycles. The lowest BCUT2D eigenvalue weighted by Gasteiger charge is -2.58. The first kappa shape index (κ1) is 40.0. The van der Waals surface area contributed by atoms with Gasteiger partial charge in [-0.25, -0.2) is 0 Å². The molecule has 0 bridgehead atoms. The van der Waals surface area contributed by atoms with Crippen LogP contribution in [0.2, 0.25) is 0 Å². The number of ether oxygens (including phenoxy) is 4. The van der Waals surface area contributed by atoms with E-state index in [9.17, 15) is 30.6 Å². The normalized spacial score (nSPS) is 49.8. The van der Waals surface area contributed by atoms with Gasteiger partial charge >= 0.3 is 0 Å². The van der Waals surface area contributed by atoms with E-state index in [0.717, 1.165) is 61.2 Å². The first-order valence-electron chi connectivity index (χ1n) is 20.5. The van der Waals surface area contributed by atoms with Gasteiger partial charge in [-0.3, -0.25) is 0 Å². The molecule has 0 radical (unpaired) electrons. The molecule has 2 aliphatic heterocycles. The van der Waals surface area contributed by atoms with Crippen molar-refractivity contribution in [2.45, 2.75) is 187 Å². The third-order valence-corrected chi connectivity index (χ3v) is 15.5. The Balaban J connectivity index is 1.07. The van der Waals surface area contributed by atoms with E-state index in [4.69, 9.17) is 18.9 Å². The molecule has 0 spiro atoms. The number of hydrogen-bond acceptors (Lipinski definition) is 10. The van der Waals surface area contributed by atoms with Crippen molar-refractivity contribution in [3.05, 3.63) is 11.6 Å². The Morgan fingerprint density at radius 3 is 2.22 bits per heavy atom. The van der Waals surface area contributed by atoms with Gasteiger partial charge in [-0.1, -0.05) is 66.0 Å². The highest BCUT2D eigenvalue weighted by Crippen LogP contribution is 2.67. The van der Waals surface area contributed by atoms with E-state index in [1.54, 1.807) is 0 Å². The lowest BCUT2D eigenvalue weighted by Crippen LogP contribution is -2.64. The van der Waals surface area contributed by atoms with Gasteiger partial charge in [0.05, 0.1) is 18.8 Å². The fourth-order valence-electron chi connectivity index (χ4n) is 12.2. The van der Waals surface area contributed by atoms with E-state index in [0.29, 0.717) is 11.3 Å². The van der Waals surface area contributed by atoms with Crippen molar-refractivity contribution in [2.75, 3.05) is 6.61 Å². The van der Waals surface area contributed by atoms with Crippen LogP contribution in [0, 0.1) is 52.3 Å². The zero-order chi connectivity index (χ0) is 37.0. The van der Waals surface area contributed by atoms with Gasteiger partial charge in [0, 0.05) is 0 Å². The van der Waals surface area contributed by atoms with E-state index >= 15 is 0 Å². The Morgan fingerprint density at radius 1 is 0.824 bits per heavy atom. The molecule has 6 rings (SSSR count). The monoisotopic (exact) mass is 722 g/mol. The summed E-state index contributed by atoms with van der Waals surface area (Å²) in [5.74, 6) is 5.39. The van der Waals surface area contributed by atoms with Crippen molar-refractivity contribution in [3.63, 3.8) is 0 Å². The largest absolute Gasteiger partial charge is 0.394 e. The zero-order valence-corrected chi connectivity index (χ0v) is 32.3. The van der Waals surface area contributed by atoms with E-state index in [2.05, 4.69) is 47.6 Å². The van der Waals surface area contributed by atoms with Crippen LogP contribution in [0.5, 0.6) is 0 Å². The van der Waals surface area contributed by atoms with Crippen molar-refractivity contribution >= 4 is 0 Å². The molecular formula is C41H70O10. The molecule has 5 fully saturated rings. The van der Waals surface area contributed by atoms with Crippen LogP contribution in [0.15, 0.2) is 11.6 Å². The molecule has 51 heavy (non-hydrogen) atoms. The summed E-state index contributed by atoms with van der Waals surface area (Å²) < 4.78 is 23.7. The first-order chi connectivity index (χ1) is 24.1. The van der Waals surface area contributed by atoms with Gasteiger partial charge in [-0.15, -0.1) is 0 Å². The van der Waals surface area contributed by atoms with Crippen molar-refractivity contribution in [1.29, 1.82) is 0 Å². The third kappa shape index (κ3) is 7.39. The number of rotatable bonds is 11. The summed E-state index contributed by atoms with van der Waals surface area (Å²) in [6, 6.07) is 0. The molecule has 0 aromatic rings. The molecule has 10 heteroatoms. The predicted octanol–water partition coefficient (Wildman–Crippen LogP) is 4.70. The minimum Gasteiger partial charge on any atom is -0.394 e. The molecule has 4 aliphatic carbocycles. The van der Waals surface area contributed by atoms with Gasteiger partial charge in [0.25, 0.3) is 0 Å². The van der Waals surface area contributed by atoms with Gasteiger partial charge in [0.15, 0.2) is 12.6 Å². The van der Waals surface area contributed by atoms with Gasteiger partial charge in [-0.2, -0.15) is 0 Å². The highest BCUT2D eigenvalue weighted by atomic mass is 16.7. The first-order valence-corrected chi connectivity index (χ1v) is 20.5. The molecule has 294 valence electrons. The quantitative estimate of drug-likeness (QED) is 0.165. The van der Waals surface area contributed by atoms with Crippen LogP contribution in [0.4, 0.5) is 0 Å². The maximum Gasteiger partial charge on any atom is 0.187 e. The predicted molar refractivity (Wildman–Crippen MR) is 192 cm³/mol. The fraction of sp³-hybridized carbons (Fsp3) is 0.951. The minimum absolute atomic E-state index is 0.133. The summed E-state index contributed by atoms with van der Waals surface area (Å²) >= 11 is 0. The lowest BCUT2D eigenvalue weighted by molar-refractivity contribution is -0.360. The van der Waals surface area contributed by atoms with Gasteiger partial charge in [0.2, 0.25) is 0 Å². The zero-order valence-electron chi connectivity index (χ0n) is 32.3. The number of aliphatic hydroxyl groups is 6. The highest BCUT2D eigenvalue weighted by Gasteiger charge is 2.59. The summed E-state index contributed by atoms with van der Waals surface area (Å²) in [6.07, 6.45) is 2.18. The Morgan fingerprint density at radius 2 is 1.53 bits per heavy atom. The van der Waals surface area contributed by atoms with Gasteiger partial charge in [-0.05, 0) is 117 Å². The second-order valence-electron chi connectivity index (χ2n) is 18.4. The van der Waals surface area contributed by atoms with Crippen LogP contribution in [-0.4, -0.2) is 105 Å². The molecule has 0 unspecified atom stereocenters. The van der Waals surface area contributed by atoms with Gasteiger partial charge < -0.3 is 49.6 Å². The summed E-state index contributed by atoms with van der Waals surface area (Å²) in [5, 5.41) is 63.1. The molecule has 19 atom stereocenters. The van der Waals surface area contributed by atoms with Crippen molar-refractivity contribution < 1.29 is 49.6 Å². The molecule has 2 heterocycles. The maximum atomic E-state index is 11.1. The highest BCUT2D eigenvalue weighted by molar-refractivity contribution is 5.25. The fourth-order valence-corrected chi connectivity index (χ4v) is 12.2. The molecule has 10 nitrogen and oxygen atoms in total. The number of allylic oxidation sites excluding steroid dienone is 1. The number of hydrogen-bond donors (Lipinski definition) is 6. The Labute approximate surface area is 306 Å². The van der Waals surface area contributed by atoms with E-state index < -0.39 is 68.0 Å². The average molecular weight is 723 g/mol. The van der Waals surface area contributed by atoms with Crippen molar-refractivity contribution in [3.8, 4) is 0 Å². The third-order valence-electron chi connectivity index (χ3n) is 15.5. The minimum atomic E-state index is -1.60. The summed E-state index contributed by atoms with van der Waals surface area (Å²) in [7, 11) is 0. The molecule has 2 saturated heterocycles. The van der Waals surface area contributed by atoms with Crippen molar-refractivity contribution in [2.24, 2.45) is 52.3 Å². The van der Waals surface area contributed by atoms with Gasteiger partial charge in [0.1, 0.15) is 42.7 Å². The average Bonchev–Trinajstić information content (AvgIpc) is 3.46. The van der Waals surface area contributed by atoms with E-state index in [-0.39, 0.29) is 11.5 Å². The number of aliphatic hydroxyl groups excluding tert-OH is 6.